The summed E-state index contributed by atoms with van der Waals surface area (Å²) in [5.74, 6) is 1.09. The molecule has 0 radical (unpaired) electrons. The van der Waals surface area contributed by atoms with Crippen LogP contribution in [-0.2, 0) is 11.3 Å². The highest BCUT2D eigenvalue weighted by Gasteiger charge is 2.31. The first-order valence-corrected chi connectivity index (χ1v) is 6.85. The Hall–Kier alpha value is -1.36. The number of nitrogens with zero attached hydrogens (tertiary/aromatic N) is 2. The van der Waals surface area contributed by atoms with Crippen molar-refractivity contribution in [3.63, 3.8) is 0 Å². The van der Waals surface area contributed by atoms with Gasteiger partial charge in [-0.05, 0) is 27.2 Å². The van der Waals surface area contributed by atoms with E-state index in [4.69, 9.17) is 5.73 Å². The zero-order chi connectivity index (χ0) is 14.6. The summed E-state index contributed by atoms with van der Waals surface area (Å²) in [4.78, 5) is 16.0. The van der Waals surface area contributed by atoms with Crippen LogP contribution in [0.3, 0.4) is 0 Å². The monoisotopic (exact) mass is 266 g/mol. The van der Waals surface area contributed by atoms with Crippen molar-refractivity contribution in [3.05, 3.63) is 18.2 Å². The molecule has 1 rings (SSSR count). The standard InChI is InChI=1S/C14H26N4O/c1-10(2)12-16-7-9-18(12)8-6-14(5,13(15)19)17-11(3)4/h7,9-11,17H,6,8H2,1-5H3,(H2,15,19). The number of aryl methyl sites for hydroxylation is 1. The van der Waals surface area contributed by atoms with Crippen LogP contribution in [-0.4, -0.2) is 27.0 Å². The predicted molar refractivity (Wildman–Crippen MR) is 76.8 cm³/mol. The summed E-state index contributed by atoms with van der Waals surface area (Å²) in [6.45, 7) is 10.8. The first kappa shape index (κ1) is 15.7. The smallest absolute Gasteiger partial charge is 0.237 e. The van der Waals surface area contributed by atoms with Crippen LogP contribution >= 0.6 is 0 Å². The van der Waals surface area contributed by atoms with Gasteiger partial charge in [0.15, 0.2) is 0 Å². The van der Waals surface area contributed by atoms with E-state index in [9.17, 15) is 4.79 Å². The Morgan fingerprint density at radius 1 is 1.47 bits per heavy atom. The first-order chi connectivity index (χ1) is 8.76. The molecule has 5 heteroatoms. The molecule has 0 fully saturated rings. The molecule has 0 spiro atoms. The van der Waals surface area contributed by atoms with Gasteiger partial charge in [-0.15, -0.1) is 0 Å². The lowest BCUT2D eigenvalue weighted by molar-refractivity contribution is -0.124. The second-order valence-corrected chi connectivity index (χ2v) is 5.88. The van der Waals surface area contributed by atoms with Crippen molar-refractivity contribution in [2.24, 2.45) is 5.73 Å². The number of nitrogens with one attached hydrogen (secondary N) is 1. The van der Waals surface area contributed by atoms with Crippen molar-refractivity contribution in [3.8, 4) is 0 Å². The molecule has 3 N–H and O–H groups in total. The number of rotatable bonds is 7. The Balaban J connectivity index is 2.77. The lowest BCUT2D eigenvalue weighted by Crippen LogP contribution is -2.55. The van der Waals surface area contributed by atoms with Crippen molar-refractivity contribution in [1.82, 2.24) is 14.9 Å². The molecular weight excluding hydrogens is 240 g/mol. The first-order valence-electron chi connectivity index (χ1n) is 6.85. The van der Waals surface area contributed by atoms with E-state index in [2.05, 4.69) is 28.7 Å². The van der Waals surface area contributed by atoms with Crippen LogP contribution in [0.1, 0.15) is 52.8 Å². The summed E-state index contributed by atoms with van der Waals surface area (Å²) < 4.78 is 2.09. The Labute approximate surface area is 115 Å². The number of carbonyl (C=O) groups excluding carboxylic acids is 1. The molecule has 108 valence electrons. The highest BCUT2D eigenvalue weighted by Crippen LogP contribution is 2.16. The van der Waals surface area contributed by atoms with E-state index < -0.39 is 5.54 Å². The van der Waals surface area contributed by atoms with Crippen molar-refractivity contribution in [2.45, 2.75) is 65.1 Å². The lowest BCUT2D eigenvalue weighted by Gasteiger charge is -2.30. The number of nitrogens with two attached hydrogens (primary N) is 1. The number of imidazole rings is 1. The van der Waals surface area contributed by atoms with E-state index in [1.807, 2.05) is 27.0 Å². The SMILES string of the molecule is CC(C)NC(C)(CCn1ccnc1C(C)C)C(N)=O. The summed E-state index contributed by atoms with van der Waals surface area (Å²) in [6.07, 6.45) is 4.40. The van der Waals surface area contributed by atoms with E-state index in [0.717, 1.165) is 12.4 Å². The summed E-state index contributed by atoms with van der Waals surface area (Å²) in [5.41, 5.74) is 4.84. The van der Waals surface area contributed by atoms with Gasteiger partial charge in [0.2, 0.25) is 5.91 Å². The highest BCUT2D eigenvalue weighted by atomic mass is 16.1. The Morgan fingerprint density at radius 3 is 2.58 bits per heavy atom. The third kappa shape index (κ3) is 4.06. The highest BCUT2D eigenvalue weighted by molar-refractivity contribution is 5.84. The van der Waals surface area contributed by atoms with Crippen LogP contribution in [0.5, 0.6) is 0 Å². The lowest BCUT2D eigenvalue weighted by atomic mass is 9.95. The molecular formula is C14H26N4O. The quantitative estimate of drug-likeness (QED) is 0.788. The van der Waals surface area contributed by atoms with Crippen LogP contribution in [0, 0.1) is 0 Å². The van der Waals surface area contributed by atoms with Crippen LogP contribution in [0.15, 0.2) is 12.4 Å². The Morgan fingerprint density at radius 2 is 2.11 bits per heavy atom. The molecule has 1 unspecified atom stereocenters. The minimum Gasteiger partial charge on any atom is -0.368 e. The van der Waals surface area contributed by atoms with Gasteiger partial charge in [0.1, 0.15) is 5.82 Å². The topological polar surface area (TPSA) is 72.9 Å². The fraction of sp³-hybridized carbons (Fsp3) is 0.714. The minimum atomic E-state index is -0.688. The number of primary amides is 1. The van der Waals surface area contributed by atoms with Crippen molar-refractivity contribution in [1.29, 1.82) is 0 Å². The summed E-state index contributed by atoms with van der Waals surface area (Å²) in [6, 6.07) is 0.213. The number of amides is 1. The molecule has 5 nitrogen and oxygen atoms in total. The zero-order valence-corrected chi connectivity index (χ0v) is 12.6. The predicted octanol–water partition coefficient (Wildman–Crippen LogP) is 1.64. The normalized spacial score (nSPS) is 14.9. The molecule has 0 aliphatic carbocycles. The third-order valence-corrected chi connectivity index (χ3v) is 3.27. The van der Waals surface area contributed by atoms with Gasteiger partial charge < -0.3 is 15.6 Å². The molecule has 1 aromatic heterocycles. The molecule has 1 aromatic rings. The number of aromatic nitrogens is 2. The summed E-state index contributed by atoms with van der Waals surface area (Å²) in [7, 11) is 0. The van der Waals surface area contributed by atoms with E-state index in [1.165, 1.54) is 0 Å². The molecule has 0 bridgehead atoms. The molecule has 0 saturated carbocycles. The van der Waals surface area contributed by atoms with Crippen LogP contribution in [0.4, 0.5) is 0 Å². The van der Waals surface area contributed by atoms with Gasteiger partial charge in [-0.1, -0.05) is 13.8 Å². The average molecular weight is 266 g/mol. The van der Waals surface area contributed by atoms with Gasteiger partial charge in [0, 0.05) is 30.9 Å². The average Bonchev–Trinajstić information content (AvgIpc) is 2.73. The fourth-order valence-electron chi connectivity index (χ4n) is 2.26. The molecule has 0 aliphatic heterocycles. The van der Waals surface area contributed by atoms with Gasteiger partial charge in [0.05, 0.1) is 5.54 Å². The van der Waals surface area contributed by atoms with Gasteiger partial charge in [-0.25, -0.2) is 4.98 Å². The largest absolute Gasteiger partial charge is 0.368 e. The van der Waals surface area contributed by atoms with E-state index in [-0.39, 0.29) is 11.9 Å². The number of hydrogen-bond donors (Lipinski definition) is 2. The molecule has 0 aliphatic rings. The molecule has 0 saturated heterocycles. The van der Waals surface area contributed by atoms with Gasteiger partial charge in [-0.3, -0.25) is 4.79 Å². The van der Waals surface area contributed by atoms with Gasteiger partial charge in [0.25, 0.3) is 0 Å². The zero-order valence-electron chi connectivity index (χ0n) is 12.6. The minimum absolute atomic E-state index is 0.213. The van der Waals surface area contributed by atoms with E-state index in [1.54, 1.807) is 6.20 Å². The molecule has 0 aromatic carbocycles. The van der Waals surface area contributed by atoms with Crippen LogP contribution in [0.25, 0.3) is 0 Å². The molecule has 19 heavy (non-hydrogen) atoms. The number of carbonyl (C=O) groups is 1. The second kappa shape index (κ2) is 6.19. The maximum atomic E-state index is 11.7. The van der Waals surface area contributed by atoms with Crippen molar-refractivity contribution < 1.29 is 4.79 Å². The van der Waals surface area contributed by atoms with Gasteiger partial charge in [-0.2, -0.15) is 0 Å². The molecule has 1 amide bonds. The summed E-state index contributed by atoms with van der Waals surface area (Å²) >= 11 is 0. The Kier molecular flexibility index (Phi) is 5.11. The molecule has 1 atom stereocenters. The van der Waals surface area contributed by atoms with Crippen LogP contribution in [0.2, 0.25) is 0 Å². The van der Waals surface area contributed by atoms with Crippen molar-refractivity contribution in [2.75, 3.05) is 0 Å². The second-order valence-electron chi connectivity index (χ2n) is 5.88. The summed E-state index contributed by atoms with van der Waals surface area (Å²) in [5, 5.41) is 3.26. The van der Waals surface area contributed by atoms with Gasteiger partial charge >= 0.3 is 0 Å². The molecule has 1 heterocycles. The maximum Gasteiger partial charge on any atom is 0.237 e. The van der Waals surface area contributed by atoms with Crippen LogP contribution < -0.4 is 11.1 Å². The van der Waals surface area contributed by atoms with E-state index in [0.29, 0.717) is 12.3 Å². The Bertz CT molecular complexity index is 425. The number of hydrogen-bond acceptors (Lipinski definition) is 3. The fourth-order valence-corrected chi connectivity index (χ4v) is 2.26. The maximum absolute atomic E-state index is 11.7. The third-order valence-electron chi connectivity index (χ3n) is 3.27. The van der Waals surface area contributed by atoms with Crippen molar-refractivity contribution >= 4 is 5.91 Å². The van der Waals surface area contributed by atoms with E-state index >= 15 is 0 Å².